The van der Waals surface area contributed by atoms with Gasteiger partial charge in [-0.25, -0.2) is 22.7 Å². The number of halogens is 1. The standard InChI is InChI=1S/C11H11FN2O5S/c12-8-3-1-2-7(11(16)17)10(8)14-5-6(4-9(14)15)20(13,18)19/h1-3,6H,4-5H2,(H,16,17)(H2,13,18,19). The van der Waals surface area contributed by atoms with Crippen molar-refractivity contribution in [3.05, 3.63) is 29.6 Å². The van der Waals surface area contributed by atoms with E-state index in [9.17, 15) is 22.4 Å². The van der Waals surface area contributed by atoms with Crippen molar-refractivity contribution in [1.29, 1.82) is 0 Å². The lowest BCUT2D eigenvalue weighted by atomic mass is 10.1. The highest BCUT2D eigenvalue weighted by atomic mass is 32.2. The molecule has 1 unspecified atom stereocenters. The van der Waals surface area contributed by atoms with Gasteiger partial charge in [-0.3, -0.25) is 4.79 Å². The van der Waals surface area contributed by atoms with Crippen LogP contribution < -0.4 is 10.0 Å². The predicted octanol–water partition coefficient (Wildman–Crippen LogP) is -0.0823. The molecule has 0 radical (unpaired) electrons. The van der Waals surface area contributed by atoms with Crippen molar-refractivity contribution in [2.45, 2.75) is 11.7 Å². The summed E-state index contributed by atoms with van der Waals surface area (Å²) < 4.78 is 36.3. The van der Waals surface area contributed by atoms with E-state index >= 15 is 0 Å². The molecule has 0 aromatic heterocycles. The van der Waals surface area contributed by atoms with Crippen molar-refractivity contribution in [3.63, 3.8) is 0 Å². The van der Waals surface area contributed by atoms with Gasteiger partial charge in [0, 0.05) is 13.0 Å². The van der Waals surface area contributed by atoms with Crippen LogP contribution in [0.5, 0.6) is 0 Å². The van der Waals surface area contributed by atoms with Crippen molar-refractivity contribution >= 4 is 27.6 Å². The minimum Gasteiger partial charge on any atom is -0.478 e. The van der Waals surface area contributed by atoms with Crippen LogP contribution in [-0.2, 0) is 14.8 Å². The third-order valence-electron chi connectivity index (χ3n) is 3.04. The van der Waals surface area contributed by atoms with Gasteiger partial charge in [-0.15, -0.1) is 0 Å². The normalized spacial score (nSPS) is 19.4. The third-order valence-corrected chi connectivity index (χ3v) is 4.29. The molecular formula is C11H11FN2O5S. The number of para-hydroxylation sites is 1. The van der Waals surface area contributed by atoms with Gasteiger partial charge in [0.05, 0.1) is 11.3 Å². The molecule has 1 aromatic carbocycles. The van der Waals surface area contributed by atoms with Gasteiger partial charge >= 0.3 is 5.97 Å². The largest absolute Gasteiger partial charge is 0.478 e. The van der Waals surface area contributed by atoms with E-state index in [4.69, 9.17) is 10.2 Å². The average Bonchev–Trinajstić information content (AvgIpc) is 2.70. The Balaban J connectivity index is 2.48. The fourth-order valence-corrected chi connectivity index (χ4v) is 2.80. The van der Waals surface area contributed by atoms with E-state index in [0.717, 1.165) is 17.0 Å². The van der Waals surface area contributed by atoms with E-state index in [1.54, 1.807) is 0 Å². The second kappa shape index (κ2) is 4.84. The number of nitrogens with zero attached hydrogens (tertiary/aromatic N) is 1. The van der Waals surface area contributed by atoms with Crippen molar-refractivity contribution < 1.29 is 27.5 Å². The molecule has 108 valence electrons. The highest BCUT2D eigenvalue weighted by Gasteiger charge is 2.39. The Morgan fingerprint density at radius 3 is 2.60 bits per heavy atom. The Morgan fingerprint density at radius 1 is 1.45 bits per heavy atom. The van der Waals surface area contributed by atoms with Gasteiger partial charge in [0.15, 0.2) is 0 Å². The van der Waals surface area contributed by atoms with E-state index in [0.29, 0.717) is 0 Å². The Kier molecular flexibility index (Phi) is 3.48. The number of hydrogen-bond acceptors (Lipinski definition) is 4. The van der Waals surface area contributed by atoms with Gasteiger partial charge in [0.25, 0.3) is 0 Å². The SMILES string of the molecule is NS(=O)(=O)C1CC(=O)N(c2c(F)cccc2C(=O)O)C1. The molecular weight excluding hydrogens is 291 g/mol. The van der Waals surface area contributed by atoms with E-state index in [-0.39, 0.29) is 6.54 Å². The molecule has 0 aliphatic carbocycles. The summed E-state index contributed by atoms with van der Waals surface area (Å²) in [5.41, 5.74) is -0.843. The van der Waals surface area contributed by atoms with Crippen molar-refractivity contribution in [3.8, 4) is 0 Å². The Morgan fingerprint density at radius 2 is 2.10 bits per heavy atom. The Labute approximate surface area is 113 Å². The lowest BCUT2D eigenvalue weighted by molar-refractivity contribution is -0.117. The Hall–Kier alpha value is -2.00. The first-order valence-corrected chi connectivity index (χ1v) is 7.16. The maximum atomic E-state index is 13.8. The van der Waals surface area contributed by atoms with E-state index in [2.05, 4.69) is 0 Å². The maximum Gasteiger partial charge on any atom is 0.337 e. The number of nitrogens with two attached hydrogens (primary N) is 1. The number of rotatable bonds is 3. The highest BCUT2D eigenvalue weighted by molar-refractivity contribution is 7.89. The zero-order valence-corrected chi connectivity index (χ0v) is 10.9. The summed E-state index contributed by atoms with van der Waals surface area (Å²) in [5.74, 6) is -3.00. The van der Waals surface area contributed by atoms with Crippen LogP contribution >= 0.6 is 0 Å². The molecule has 1 atom stereocenters. The molecule has 3 N–H and O–H groups in total. The van der Waals surface area contributed by atoms with Gasteiger partial charge in [-0.2, -0.15) is 0 Å². The minimum atomic E-state index is -3.95. The first-order valence-electron chi connectivity index (χ1n) is 5.55. The molecule has 1 fully saturated rings. The van der Waals surface area contributed by atoms with E-state index in [1.807, 2.05) is 0 Å². The molecule has 1 aliphatic heterocycles. The molecule has 0 bridgehead atoms. The highest BCUT2D eigenvalue weighted by Crippen LogP contribution is 2.30. The summed E-state index contributed by atoms with van der Waals surface area (Å²) in [5, 5.41) is 12.8. The number of aromatic carboxylic acids is 1. The minimum absolute atomic E-state index is 0.362. The number of benzene rings is 1. The number of carboxylic acid groups (broad SMARTS) is 1. The molecule has 1 heterocycles. The summed E-state index contributed by atoms with van der Waals surface area (Å²) in [6.45, 7) is -0.362. The summed E-state index contributed by atoms with van der Waals surface area (Å²) in [6.07, 6.45) is -0.397. The van der Waals surface area contributed by atoms with Crippen molar-refractivity contribution in [2.75, 3.05) is 11.4 Å². The predicted molar refractivity (Wildman–Crippen MR) is 67.2 cm³/mol. The zero-order valence-electron chi connectivity index (χ0n) is 10.1. The van der Waals surface area contributed by atoms with Crippen molar-refractivity contribution in [2.24, 2.45) is 5.14 Å². The fraction of sp³-hybridized carbons (Fsp3) is 0.273. The van der Waals surface area contributed by atoms with Crippen LogP contribution in [0.3, 0.4) is 0 Å². The van der Waals surface area contributed by atoms with Gasteiger partial charge in [0.1, 0.15) is 11.1 Å². The molecule has 9 heteroatoms. The molecule has 2 rings (SSSR count). The molecule has 7 nitrogen and oxygen atoms in total. The van der Waals surface area contributed by atoms with E-state index < -0.39 is 50.6 Å². The number of hydrogen-bond donors (Lipinski definition) is 2. The number of carboxylic acids is 1. The number of primary sulfonamides is 1. The molecule has 20 heavy (non-hydrogen) atoms. The molecule has 0 saturated carbocycles. The topological polar surface area (TPSA) is 118 Å². The summed E-state index contributed by atoms with van der Waals surface area (Å²) in [7, 11) is -3.95. The number of anilines is 1. The van der Waals surface area contributed by atoms with Crippen LogP contribution in [0, 0.1) is 5.82 Å². The Bertz CT molecular complexity index is 688. The van der Waals surface area contributed by atoms with Crippen LogP contribution in [0.25, 0.3) is 0 Å². The van der Waals surface area contributed by atoms with Gasteiger partial charge in [-0.1, -0.05) is 6.07 Å². The summed E-state index contributed by atoms with van der Waals surface area (Å²) in [6, 6.07) is 3.33. The second-order valence-electron chi connectivity index (χ2n) is 4.36. The van der Waals surface area contributed by atoms with Gasteiger partial charge < -0.3 is 10.0 Å². The molecule has 1 saturated heterocycles. The quantitative estimate of drug-likeness (QED) is 0.809. The number of sulfonamides is 1. The van der Waals surface area contributed by atoms with Crippen molar-refractivity contribution in [1.82, 2.24) is 0 Å². The van der Waals surface area contributed by atoms with E-state index in [1.165, 1.54) is 6.07 Å². The summed E-state index contributed by atoms with van der Waals surface area (Å²) >= 11 is 0. The first kappa shape index (κ1) is 14.4. The van der Waals surface area contributed by atoms with Gasteiger partial charge in [-0.05, 0) is 12.1 Å². The average molecular weight is 302 g/mol. The number of carbonyl (C=O) groups excluding carboxylic acids is 1. The van der Waals surface area contributed by atoms with Gasteiger partial charge in [0.2, 0.25) is 15.9 Å². The van der Waals surface area contributed by atoms with Crippen LogP contribution in [-0.4, -0.2) is 37.2 Å². The summed E-state index contributed by atoms with van der Waals surface area (Å²) in [4.78, 5) is 23.7. The second-order valence-corrected chi connectivity index (χ2v) is 6.21. The molecule has 1 aliphatic rings. The molecule has 1 amide bonds. The smallest absolute Gasteiger partial charge is 0.337 e. The maximum absolute atomic E-state index is 13.8. The number of amides is 1. The lowest BCUT2D eigenvalue weighted by Crippen LogP contribution is -2.33. The monoisotopic (exact) mass is 302 g/mol. The van der Waals surface area contributed by atoms with Crippen LogP contribution in [0.15, 0.2) is 18.2 Å². The third kappa shape index (κ3) is 2.49. The first-order chi connectivity index (χ1) is 9.21. The van der Waals surface area contributed by atoms with Crippen LogP contribution in [0.4, 0.5) is 10.1 Å². The number of carbonyl (C=O) groups is 2. The van der Waals surface area contributed by atoms with Crippen LogP contribution in [0.1, 0.15) is 16.8 Å². The lowest BCUT2D eigenvalue weighted by Gasteiger charge is -2.19. The molecule has 0 spiro atoms. The fourth-order valence-electron chi connectivity index (χ4n) is 2.07. The molecule has 1 aromatic rings. The van der Waals surface area contributed by atoms with Crippen LogP contribution in [0.2, 0.25) is 0 Å². The zero-order chi connectivity index (χ0) is 15.1.